The van der Waals surface area contributed by atoms with Gasteiger partial charge in [0, 0.05) is 10.9 Å². The van der Waals surface area contributed by atoms with E-state index in [0.717, 1.165) is 11.6 Å². The van der Waals surface area contributed by atoms with Gasteiger partial charge in [0.2, 0.25) is 5.82 Å². The normalized spacial score (nSPS) is 11.6. The summed E-state index contributed by atoms with van der Waals surface area (Å²) in [6.45, 7) is 4.51. The van der Waals surface area contributed by atoms with Crippen LogP contribution in [0, 0.1) is 11.6 Å². The minimum atomic E-state index is -0.910. The van der Waals surface area contributed by atoms with Gasteiger partial charge in [-0.25, -0.2) is 4.39 Å². The number of nitrogens with one attached hydrogen (secondary N) is 1. The molecule has 0 spiro atoms. The molecular formula is C13H15F2NO. The summed E-state index contributed by atoms with van der Waals surface area (Å²) >= 11 is 0. The Morgan fingerprint density at radius 2 is 2.00 bits per heavy atom. The van der Waals surface area contributed by atoms with Crippen LogP contribution >= 0.6 is 0 Å². The third-order valence-electron chi connectivity index (χ3n) is 2.78. The third-order valence-corrected chi connectivity index (χ3v) is 2.78. The van der Waals surface area contributed by atoms with Crippen LogP contribution in [0.4, 0.5) is 8.78 Å². The number of rotatable bonds is 3. The highest BCUT2D eigenvalue weighted by Crippen LogP contribution is 2.33. The summed E-state index contributed by atoms with van der Waals surface area (Å²) in [5.41, 5.74) is 0.951. The first-order valence-corrected chi connectivity index (χ1v) is 5.60. The molecule has 0 amide bonds. The van der Waals surface area contributed by atoms with Gasteiger partial charge >= 0.3 is 0 Å². The third kappa shape index (κ3) is 1.93. The van der Waals surface area contributed by atoms with Crippen molar-refractivity contribution in [1.82, 2.24) is 5.32 Å². The minimum absolute atomic E-state index is 0.0129. The molecular weight excluding hydrogens is 224 g/mol. The van der Waals surface area contributed by atoms with Crippen LogP contribution in [0.3, 0.4) is 0 Å². The second kappa shape index (κ2) is 4.45. The highest BCUT2D eigenvalue weighted by Gasteiger charge is 2.20. The van der Waals surface area contributed by atoms with Crippen molar-refractivity contribution in [2.75, 3.05) is 7.05 Å². The maximum atomic E-state index is 13.6. The Morgan fingerprint density at radius 3 is 2.59 bits per heavy atom. The molecule has 0 atom stereocenters. The predicted octanol–water partition coefficient (Wildman–Crippen LogP) is 3.55. The summed E-state index contributed by atoms with van der Waals surface area (Å²) in [7, 11) is 1.79. The monoisotopic (exact) mass is 239 g/mol. The SMILES string of the molecule is CNCc1oc2c(F)c(F)ccc2c1C(C)C. The molecule has 0 saturated carbocycles. The first kappa shape index (κ1) is 12.0. The van der Waals surface area contributed by atoms with Crippen LogP contribution < -0.4 is 5.32 Å². The first-order chi connectivity index (χ1) is 8.06. The molecule has 0 bridgehead atoms. The molecule has 1 N–H and O–H groups in total. The van der Waals surface area contributed by atoms with Crippen molar-refractivity contribution >= 4 is 11.0 Å². The number of fused-ring (bicyclic) bond motifs is 1. The van der Waals surface area contributed by atoms with Gasteiger partial charge in [0.1, 0.15) is 5.76 Å². The average molecular weight is 239 g/mol. The second-order valence-electron chi connectivity index (χ2n) is 4.36. The molecule has 4 heteroatoms. The Kier molecular flexibility index (Phi) is 3.15. The van der Waals surface area contributed by atoms with Gasteiger partial charge in [-0.3, -0.25) is 0 Å². The van der Waals surface area contributed by atoms with Crippen molar-refractivity contribution in [2.24, 2.45) is 0 Å². The molecule has 0 saturated heterocycles. The van der Waals surface area contributed by atoms with Crippen LogP contribution in [0.2, 0.25) is 0 Å². The molecule has 1 aromatic carbocycles. The van der Waals surface area contributed by atoms with Gasteiger partial charge in [0.05, 0.1) is 6.54 Å². The van der Waals surface area contributed by atoms with Crippen LogP contribution in [0.1, 0.15) is 31.1 Å². The smallest absolute Gasteiger partial charge is 0.201 e. The number of hydrogen-bond acceptors (Lipinski definition) is 2. The molecule has 2 aromatic rings. The molecule has 0 radical (unpaired) electrons. The quantitative estimate of drug-likeness (QED) is 0.886. The molecule has 1 aromatic heterocycles. The Hall–Kier alpha value is -1.42. The molecule has 17 heavy (non-hydrogen) atoms. The summed E-state index contributed by atoms with van der Waals surface area (Å²) in [5, 5.41) is 3.62. The van der Waals surface area contributed by atoms with Crippen LogP contribution in [0.15, 0.2) is 16.5 Å². The van der Waals surface area contributed by atoms with E-state index in [1.54, 1.807) is 13.1 Å². The number of hydrogen-bond donors (Lipinski definition) is 1. The molecule has 92 valence electrons. The highest BCUT2D eigenvalue weighted by molar-refractivity contribution is 5.83. The summed E-state index contributed by atoms with van der Waals surface area (Å²) in [4.78, 5) is 0. The van der Waals surface area contributed by atoms with E-state index in [9.17, 15) is 8.78 Å². The second-order valence-corrected chi connectivity index (χ2v) is 4.36. The highest BCUT2D eigenvalue weighted by atomic mass is 19.2. The van der Waals surface area contributed by atoms with Crippen molar-refractivity contribution in [3.8, 4) is 0 Å². The zero-order chi connectivity index (χ0) is 12.6. The van der Waals surface area contributed by atoms with Gasteiger partial charge in [0.15, 0.2) is 11.4 Å². The Labute approximate surface area is 98.6 Å². The van der Waals surface area contributed by atoms with Crippen molar-refractivity contribution in [1.29, 1.82) is 0 Å². The van der Waals surface area contributed by atoms with E-state index in [2.05, 4.69) is 5.32 Å². The standard InChI is InChI=1S/C13H15F2NO/c1-7(2)11-8-4-5-9(14)12(15)13(8)17-10(11)6-16-3/h4-5,7,16H,6H2,1-3H3. The zero-order valence-electron chi connectivity index (χ0n) is 10.1. The van der Waals surface area contributed by atoms with E-state index in [1.165, 1.54) is 0 Å². The lowest BCUT2D eigenvalue weighted by Crippen LogP contribution is -2.06. The number of halogens is 2. The van der Waals surface area contributed by atoms with E-state index in [1.807, 2.05) is 13.8 Å². The predicted molar refractivity (Wildman–Crippen MR) is 63.0 cm³/mol. The largest absolute Gasteiger partial charge is 0.456 e. The molecule has 0 fully saturated rings. The van der Waals surface area contributed by atoms with Crippen LogP contribution in [0.5, 0.6) is 0 Å². The Balaban J connectivity index is 2.74. The molecule has 0 aliphatic carbocycles. The van der Waals surface area contributed by atoms with Crippen LogP contribution in [0.25, 0.3) is 11.0 Å². The van der Waals surface area contributed by atoms with Gasteiger partial charge in [-0.1, -0.05) is 13.8 Å². The number of benzene rings is 1. The summed E-state index contributed by atoms with van der Waals surface area (Å²) < 4.78 is 32.2. The Morgan fingerprint density at radius 1 is 1.29 bits per heavy atom. The summed E-state index contributed by atoms with van der Waals surface area (Å²) in [6.07, 6.45) is 0. The van der Waals surface area contributed by atoms with Gasteiger partial charge in [-0.05, 0) is 25.1 Å². The maximum absolute atomic E-state index is 13.6. The molecule has 0 aliphatic heterocycles. The molecule has 0 unspecified atom stereocenters. The summed E-state index contributed by atoms with van der Waals surface area (Å²) in [6, 6.07) is 2.72. The van der Waals surface area contributed by atoms with E-state index in [4.69, 9.17) is 4.42 Å². The van der Waals surface area contributed by atoms with Crippen LogP contribution in [-0.2, 0) is 6.54 Å². The van der Waals surface area contributed by atoms with Gasteiger partial charge in [-0.2, -0.15) is 4.39 Å². The van der Waals surface area contributed by atoms with Crippen molar-refractivity contribution in [3.63, 3.8) is 0 Å². The summed E-state index contributed by atoms with van der Waals surface area (Å²) in [5.74, 6) is -0.921. The molecule has 1 heterocycles. The lowest BCUT2D eigenvalue weighted by molar-refractivity contribution is 0.470. The Bertz CT molecular complexity index is 546. The molecule has 0 aliphatic rings. The fourth-order valence-electron chi connectivity index (χ4n) is 2.10. The van der Waals surface area contributed by atoms with Gasteiger partial charge in [0.25, 0.3) is 0 Å². The van der Waals surface area contributed by atoms with E-state index in [0.29, 0.717) is 17.7 Å². The molecule has 2 nitrogen and oxygen atoms in total. The van der Waals surface area contributed by atoms with E-state index in [-0.39, 0.29) is 11.5 Å². The average Bonchev–Trinajstić information content (AvgIpc) is 2.63. The minimum Gasteiger partial charge on any atom is -0.456 e. The van der Waals surface area contributed by atoms with Crippen LogP contribution in [-0.4, -0.2) is 7.05 Å². The fraction of sp³-hybridized carbons (Fsp3) is 0.385. The lowest BCUT2D eigenvalue weighted by atomic mass is 9.99. The first-order valence-electron chi connectivity index (χ1n) is 5.60. The lowest BCUT2D eigenvalue weighted by Gasteiger charge is -2.05. The topological polar surface area (TPSA) is 25.2 Å². The maximum Gasteiger partial charge on any atom is 0.201 e. The van der Waals surface area contributed by atoms with Gasteiger partial charge < -0.3 is 9.73 Å². The van der Waals surface area contributed by atoms with E-state index >= 15 is 0 Å². The number of furan rings is 1. The zero-order valence-corrected chi connectivity index (χ0v) is 10.1. The van der Waals surface area contributed by atoms with Crippen molar-refractivity contribution < 1.29 is 13.2 Å². The van der Waals surface area contributed by atoms with Crippen molar-refractivity contribution in [2.45, 2.75) is 26.3 Å². The fourth-order valence-corrected chi connectivity index (χ4v) is 2.10. The van der Waals surface area contributed by atoms with Gasteiger partial charge in [-0.15, -0.1) is 0 Å². The van der Waals surface area contributed by atoms with Crippen molar-refractivity contribution in [3.05, 3.63) is 35.1 Å². The van der Waals surface area contributed by atoms with E-state index < -0.39 is 11.6 Å². The molecule has 2 rings (SSSR count).